The first-order chi connectivity index (χ1) is 9.71. The maximum Gasteiger partial charge on any atom is 0.421 e. The Kier molecular flexibility index (Phi) is 3.98. The Labute approximate surface area is 117 Å². The van der Waals surface area contributed by atoms with Gasteiger partial charge in [-0.05, 0) is 23.1 Å². The lowest BCUT2D eigenvalue weighted by atomic mass is 9.88. The Morgan fingerprint density at radius 1 is 0.857 bits per heavy atom. The number of hydrogen-bond acceptors (Lipinski definition) is 0. The molecule has 0 spiro atoms. The first-order valence-corrected chi connectivity index (χ1v) is 6.01. The third-order valence-corrected chi connectivity index (χ3v) is 3.00. The van der Waals surface area contributed by atoms with Crippen molar-refractivity contribution in [2.24, 2.45) is 0 Å². The third kappa shape index (κ3) is 3.37. The molecule has 112 valence electrons. The summed E-state index contributed by atoms with van der Waals surface area (Å²) in [6.45, 7) is 0. The molecule has 0 aliphatic heterocycles. The quantitative estimate of drug-likeness (QED) is 0.605. The van der Waals surface area contributed by atoms with Gasteiger partial charge >= 0.3 is 12.4 Å². The maximum atomic E-state index is 12.9. The van der Waals surface area contributed by atoms with E-state index in [1.165, 1.54) is 30.4 Å². The van der Waals surface area contributed by atoms with Crippen LogP contribution in [0.1, 0.15) is 12.0 Å². The molecule has 6 heteroatoms. The second-order valence-corrected chi connectivity index (χ2v) is 4.43. The summed E-state index contributed by atoms with van der Waals surface area (Å²) in [7, 11) is 0. The molecular formula is C15H10F6. The van der Waals surface area contributed by atoms with Crippen LogP contribution in [0.5, 0.6) is 0 Å². The van der Waals surface area contributed by atoms with Gasteiger partial charge in [0.05, 0.1) is 0 Å². The van der Waals surface area contributed by atoms with Gasteiger partial charge in [-0.15, -0.1) is 0 Å². The normalized spacial score (nSPS) is 15.9. The molecule has 0 heterocycles. The average molecular weight is 304 g/mol. The van der Waals surface area contributed by atoms with Gasteiger partial charge < -0.3 is 0 Å². The van der Waals surface area contributed by atoms with E-state index in [4.69, 9.17) is 0 Å². The third-order valence-electron chi connectivity index (χ3n) is 3.00. The molecule has 0 N–H and O–H groups in total. The Hall–Kier alpha value is -1.98. The van der Waals surface area contributed by atoms with E-state index in [0.717, 1.165) is 0 Å². The Morgan fingerprint density at radius 2 is 1.43 bits per heavy atom. The highest BCUT2D eigenvalue weighted by Crippen LogP contribution is 2.45. The van der Waals surface area contributed by atoms with Crippen LogP contribution in [0, 0.1) is 0 Å². The smallest absolute Gasteiger partial charge is 0.166 e. The fourth-order valence-electron chi connectivity index (χ4n) is 2.19. The van der Waals surface area contributed by atoms with E-state index in [-0.39, 0.29) is 5.57 Å². The number of halogens is 6. The van der Waals surface area contributed by atoms with Crippen LogP contribution in [0.2, 0.25) is 0 Å². The average Bonchev–Trinajstić information content (AvgIpc) is 2.37. The van der Waals surface area contributed by atoms with Gasteiger partial charge in [0.25, 0.3) is 0 Å². The van der Waals surface area contributed by atoms with Gasteiger partial charge in [0.2, 0.25) is 0 Å². The van der Waals surface area contributed by atoms with Crippen molar-refractivity contribution in [3.8, 4) is 0 Å². The van der Waals surface area contributed by atoms with Crippen LogP contribution in [0.4, 0.5) is 26.3 Å². The molecule has 1 aliphatic carbocycles. The number of rotatable bonds is 1. The van der Waals surface area contributed by atoms with Crippen molar-refractivity contribution < 1.29 is 26.3 Å². The Bertz CT molecular complexity index is 583. The van der Waals surface area contributed by atoms with Crippen molar-refractivity contribution in [2.75, 3.05) is 0 Å². The second kappa shape index (κ2) is 5.42. The standard InChI is InChI=1S/C15H10F6/c16-14(17,18)13(15(19,20)21)12-9-5-4-8-11(12)10-6-2-1-3-7-10/h1-8H,9H2. The van der Waals surface area contributed by atoms with Crippen LogP contribution in [-0.2, 0) is 0 Å². The molecule has 1 aromatic rings. The first kappa shape index (κ1) is 15.4. The highest BCUT2D eigenvalue weighted by atomic mass is 19.4. The molecule has 2 rings (SSSR count). The van der Waals surface area contributed by atoms with Gasteiger partial charge in [-0.1, -0.05) is 48.6 Å². The predicted octanol–water partition coefficient (Wildman–Crippen LogP) is 5.45. The van der Waals surface area contributed by atoms with E-state index < -0.39 is 29.9 Å². The molecule has 1 aromatic carbocycles. The van der Waals surface area contributed by atoms with Gasteiger partial charge in [-0.2, -0.15) is 26.3 Å². The Morgan fingerprint density at radius 3 is 1.95 bits per heavy atom. The number of benzene rings is 1. The lowest BCUT2D eigenvalue weighted by molar-refractivity contribution is -0.172. The van der Waals surface area contributed by atoms with Crippen molar-refractivity contribution in [3.63, 3.8) is 0 Å². The summed E-state index contributed by atoms with van der Waals surface area (Å²) in [5.41, 5.74) is -2.91. The fraction of sp³-hybridized carbons (Fsp3) is 0.200. The zero-order chi connectivity index (χ0) is 15.7. The maximum absolute atomic E-state index is 12.9. The summed E-state index contributed by atoms with van der Waals surface area (Å²) in [4.78, 5) is 0. The van der Waals surface area contributed by atoms with Crippen molar-refractivity contribution in [1.82, 2.24) is 0 Å². The molecule has 0 fully saturated rings. The molecule has 21 heavy (non-hydrogen) atoms. The van der Waals surface area contributed by atoms with E-state index >= 15 is 0 Å². The lowest BCUT2D eigenvalue weighted by Gasteiger charge is -2.23. The zero-order valence-corrected chi connectivity index (χ0v) is 10.6. The minimum atomic E-state index is -5.45. The largest absolute Gasteiger partial charge is 0.421 e. The second-order valence-electron chi connectivity index (χ2n) is 4.43. The summed E-state index contributed by atoms with van der Waals surface area (Å²) in [5, 5.41) is 0. The van der Waals surface area contributed by atoms with Gasteiger partial charge in [0, 0.05) is 0 Å². The molecule has 0 saturated carbocycles. The minimum absolute atomic E-state index is 0.0530. The van der Waals surface area contributed by atoms with Gasteiger partial charge in [-0.25, -0.2) is 0 Å². The van der Waals surface area contributed by atoms with Gasteiger partial charge in [0.15, 0.2) is 0 Å². The van der Waals surface area contributed by atoms with E-state index in [9.17, 15) is 26.3 Å². The topological polar surface area (TPSA) is 0 Å². The molecule has 0 unspecified atom stereocenters. The summed E-state index contributed by atoms with van der Waals surface area (Å²) in [6, 6.07) is 7.73. The van der Waals surface area contributed by atoms with Crippen LogP contribution in [-0.4, -0.2) is 12.4 Å². The van der Waals surface area contributed by atoms with Gasteiger partial charge in [-0.3, -0.25) is 0 Å². The molecule has 0 bridgehead atoms. The molecule has 0 aromatic heterocycles. The number of hydrogen-bond donors (Lipinski definition) is 0. The molecule has 0 saturated heterocycles. The molecule has 0 radical (unpaired) electrons. The highest BCUT2D eigenvalue weighted by Gasteiger charge is 2.53. The summed E-state index contributed by atoms with van der Waals surface area (Å²) < 4.78 is 77.2. The van der Waals surface area contributed by atoms with Crippen LogP contribution >= 0.6 is 0 Å². The summed E-state index contributed by atoms with van der Waals surface area (Å²) in [5.74, 6) is 0. The highest BCUT2D eigenvalue weighted by molar-refractivity contribution is 5.82. The molecule has 0 amide bonds. The molecular weight excluding hydrogens is 294 g/mol. The monoisotopic (exact) mass is 304 g/mol. The van der Waals surface area contributed by atoms with Crippen LogP contribution in [0.25, 0.3) is 5.57 Å². The molecule has 1 aliphatic rings. The van der Waals surface area contributed by atoms with Crippen molar-refractivity contribution in [3.05, 3.63) is 65.3 Å². The van der Waals surface area contributed by atoms with E-state index in [2.05, 4.69) is 0 Å². The van der Waals surface area contributed by atoms with E-state index in [1.54, 1.807) is 18.2 Å². The predicted molar refractivity (Wildman–Crippen MR) is 67.3 cm³/mol. The van der Waals surface area contributed by atoms with Crippen LogP contribution in [0.3, 0.4) is 0 Å². The summed E-state index contributed by atoms with van der Waals surface area (Å²) >= 11 is 0. The molecule has 0 atom stereocenters. The first-order valence-electron chi connectivity index (χ1n) is 6.01. The number of allylic oxidation sites excluding steroid dienone is 6. The van der Waals surface area contributed by atoms with Gasteiger partial charge in [0.1, 0.15) is 5.57 Å². The van der Waals surface area contributed by atoms with Crippen molar-refractivity contribution in [2.45, 2.75) is 18.8 Å². The SMILES string of the molecule is FC(F)(F)C(=C1CC=CC=C1c1ccccc1)C(F)(F)F. The minimum Gasteiger partial charge on any atom is -0.166 e. The van der Waals surface area contributed by atoms with E-state index in [0.29, 0.717) is 5.56 Å². The molecule has 0 nitrogen and oxygen atoms in total. The van der Waals surface area contributed by atoms with Crippen molar-refractivity contribution in [1.29, 1.82) is 0 Å². The zero-order valence-electron chi connectivity index (χ0n) is 10.6. The van der Waals surface area contributed by atoms with Crippen LogP contribution in [0.15, 0.2) is 59.7 Å². The van der Waals surface area contributed by atoms with E-state index in [1.807, 2.05) is 0 Å². The van der Waals surface area contributed by atoms with Crippen molar-refractivity contribution >= 4 is 5.57 Å². The lowest BCUT2D eigenvalue weighted by Crippen LogP contribution is -2.28. The Balaban J connectivity index is 2.66. The van der Waals surface area contributed by atoms with Crippen LogP contribution < -0.4 is 0 Å². The number of alkyl halides is 6. The summed E-state index contributed by atoms with van der Waals surface area (Å²) in [6.07, 6.45) is -7.31. The fourth-order valence-corrected chi connectivity index (χ4v) is 2.19.